The summed E-state index contributed by atoms with van der Waals surface area (Å²) < 4.78 is 10.7. The number of benzene rings is 1. The minimum atomic E-state index is -0.261. The van der Waals surface area contributed by atoms with Crippen LogP contribution in [0.2, 0.25) is 0 Å². The Morgan fingerprint density at radius 3 is 3.00 bits per heavy atom. The Bertz CT molecular complexity index is 468. The molecule has 1 saturated heterocycles. The molecule has 0 spiro atoms. The summed E-state index contributed by atoms with van der Waals surface area (Å²) in [6, 6.07) is 5.16. The fourth-order valence-electron chi connectivity index (χ4n) is 2.26. The molecule has 5 nitrogen and oxygen atoms in total. The van der Waals surface area contributed by atoms with E-state index in [9.17, 15) is 4.79 Å². The third-order valence-corrected chi connectivity index (χ3v) is 3.45. The van der Waals surface area contributed by atoms with E-state index in [1.165, 1.54) is 7.11 Å². The van der Waals surface area contributed by atoms with Gasteiger partial charge in [-0.15, -0.1) is 0 Å². The summed E-state index contributed by atoms with van der Waals surface area (Å²) in [7, 11) is 1.53. The van der Waals surface area contributed by atoms with Crippen molar-refractivity contribution in [3.05, 3.63) is 23.8 Å². The Kier molecular flexibility index (Phi) is 3.95. The summed E-state index contributed by atoms with van der Waals surface area (Å²) in [6.07, 6.45) is 1.99. The molecular weight excluding hydrogens is 244 g/mol. The third kappa shape index (κ3) is 2.98. The van der Waals surface area contributed by atoms with Crippen LogP contribution in [0.15, 0.2) is 18.2 Å². The number of nitrogen functional groups attached to an aromatic ring is 1. The van der Waals surface area contributed by atoms with Gasteiger partial charge >= 0.3 is 0 Å². The van der Waals surface area contributed by atoms with Crippen LogP contribution in [0, 0.1) is 0 Å². The lowest BCUT2D eigenvalue weighted by Crippen LogP contribution is -2.40. The van der Waals surface area contributed by atoms with Crippen molar-refractivity contribution in [3.8, 4) is 5.75 Å². The normalized spacial score (nSPS) is 22.2. The van der Waals surface area contributed by atoms with Crippen LogP contribution < -0.4 is 15.8 Å². The molecule has 3 N–H and O–H groups in total. The Balaban J connectivity index is 2.04. The van der Waals surface area contributed by atoms with Crippen molar-refractivity contribution in [3.63, 3.8) is 0 Å². The second-order valence-corrected chi connectivity index (χ2v) is 5.01. The van der Waals surface area contributed by atoms with Gasteiger partial charge in [-0.3, -0.25) is 4.79 Å². The number of hydrogen-bond acceptors (Lipinski definition) is 4. The van der Waals surface area contributed by atoms with Gasteiger partial charge in [0, 0.05) is 13.2 Å². The standard InChI is InChI=1S/C14H20N2O3/c1-14(7-4-8-19-14)9-16-13(17)10-5-3-6-11(18-2)12(10)15/h3,5-6H,4,7-9,15H2,1-2H3,(H,16,17). The number of carbonyl (C=O) groups is 1. The Morgan fingerprint density at radius 2 is 2.37 bits per heavy atom. The average Bonchev–Trinajstić information content (AvgIpc) is 2.84. The van der Waals surface area contributed by atoms with Crippen LogP contribution >= 0.6 is 0 Å². The van der Waals surface area contributed by atoms with Gasteiger partial charge < -0.3 is 20.5 Å². The summed E-state index contributed by atoms with van der Waals surface area (Å²) >= 11 is 0. The van der Waals surface area contributed by atoms with Gasteiger partial charge in [-0.05, 0) is 31.9 Å². The molecule has 19 heavy (non-hydrogen) atoms. The molecule has 1 heterocycles. The maximum Gasteiger partial charge on any atom is 0.253 e. The largest absolute Gasteiger partial charge is 0.495 e. The first-order valence-corrected chi connectivity index (χ1v) is 6.40. The van der Waals surface area contributed by atoms with E-state index in [4.69, 9.17) is 15.2 Å². The SMILES string of the molecule is COc1cccc(C(=O)NCC2(C)CCCO2)c1N. The predicted molar refractivity (Wildman–Crippen MR) is 73.3 cm³/mol. The number of carbonyl (C=O) groups excluding carboxylic acids is 1. The highest BCUT2D eigenvalue weighted by molar-refractivity contribution is 6.00. The number of para-hydroxylation sites is 1. The summed E-state index contributed by atoms with van der Waals surface area (Å²) in [6.45, 7) is 3.26. The van der Waals surface area contributed by atoms with E-state index in [1.807, 2.05) is 6.92 Å². The first kappa shape index (κ1) is 13.7. The number of methoxy groups -OCH3 is 1. The van der Waals surface area contributed by atoms with Crippen molar-refractivity contribution >= 4 is 11.6 Å². The highest BCUT2D eigenvalue weighted by Gasteiger charge is 2.30. The van der Waals surface area contributed by atoms with Gasteiger partial charge in [0.1, 0.15) is 5.75 Å². The maximum atomic E-state index is 12.1. The zero-order valence-corrected chi connectivity index (χ0v) is 11.4. The van der Waals surface area contributed by atoms with Crippen molar-refractivity contribution in [2.75, 3.05) is 26.0 Å². The monoisotopic (exact) mass is 264 g/mol. The summed E-state index contributed by atoms with van der Waals surface area (Å²) in [5.74, 6) is 0.309. The van der Waals surface area contributed by atoms with Crippen LogP contribution in [0.5, 0.6) is 5.75 Å². The zero-order valence-electron chi connectivity index (χ0n) is 11.4. The van der Waals surface area contributed by atoms with E-state index in [2.05, 4.69) is 5.32 Å². The molecule has 1 aliphatic heterocycles. The maximum absolute atomic E-state index is 12.1. The van der Waals surface area contributed by atoms with E-state index < -0.39 is 0 Å². The number of ether oxygens (including phenoxy) is 2. The molecule has 5 heteroatoms. The first-order chi connectivity index (χ1) is 9.06. The molecule has 1 fully saturated rings. The molecule has 2 rings (SSSR count). The van der Waals surface area contributed by atoms with Gasteiger partial charge in [-0.25, -0.2) is 0 Å². The number of anilines is 1. The number of hydrogen-bond donors (Lipinski definition) is 2. The highest BCUT2D eigenvalue weighted by atomic mass is 16.5. The van der Waals surface area contributed by atoms with Crippen LogP contribution in [0.1, 0.15) is 30.1 Å². The van der Waals surface area contributed by atoms with Gasteiger partial charge in [-0.1, -0.05) is 6.07 Å². The number of rotatable bonds is 4. The molecule has 1 atom stereocenters. The molecule has 0 aliphatic carbocycles. The fraction of sp³-hybridized carbons (Fsp3) is 0.500. The minimum absolute atomic E-state index is 0.201. The number of nitrogens with one attached hydrogen (secondary N) is 1. The fourth-order valence-corrected chi connectivity index (χ4v) is 2.26. The molecule has 0 bridgehead atoms. The van der Waals surface area contributed by atoms with Gasteiger partial charge in [0.25, 0.3) is 5.91 Å². The Labute approximate surface area is 113 Å². The van der Waals surface area contributed by atoms with Crippen LogP contribution in [0.4, 0.5) is 5.69 Å². The smallest absolute Gasteiger partial charge is 0.253 e. The van der Waals surface area contributed by atoms with Gasteiger partial charge in [0.15, 0.2) is 0 Å². The van der Waals surface area contributed by atoms with Gasteiger partial charge in [0.2, 0.25) is 0 Å². The first-order valence-electron chi connectivity index (χ1n) is 6.40. The Morgan fingerprint density at radius 1 is 1.58 bits per heavy atom. The quantitative estimate of drug-likeness (QED) is 0.810. The lowest BCUT2D eigenvalue weighted by atomic mass is 10.0. The van der Waals surface area contributed by atoms with Crippen molar-refractivity contribution < 1.29 is 14.3 Å². The lowest BCUT2D eigenvalue weighted by Gasteiger charge is -2.23. The molecule has 1 aliphatic rings. The molecule has 0 saturated carbocycles. The van der Waals surface area contributed by atoms with E-state index in [0.29, 0.717) is 23.5 Å². The summed E-state index contributed by atoms with van der Waals surface area (Å²) in [5.41, 5.74) is 6.43. The molecule has 104 valence electrons. The molecule has 1 aromatic carbocycles. The molecule has 1 amide bonds. The number of nitrogens with two attached hydrogens (primary N) is 1. The molecule has 1 unspecified atom stereocenters. The van der Waals surface area contributed by atoms with Gasteiger partial charge in [-0.2, -0.15) is 0 Å². The van der Waals surface area contributed by atoms with Crippen molar-refractivity contribution in [2.45, 2.75) is 25.4 Å². The van der Waals surface area contributed by atoms with E-state index in [-0.39, 0.29) is 11.5 Å². The van der Waals surface area contributed by atoms with Crippen molar-refractivity contribution in [1.29, 1.82) is 0 Å². The second-order valence-electron chi connectivity index (χ2n) is 5.01. The molecule has 0 aromatic heterocycles. The van der Waals surface area contributed by atoms with E-state index in [1.54, 1.807) is 18.2 Å². The van der Waals surface area contributed by atoms with Crippen LogP contribution in [0.25, 0.3) is 0 Å². The Hall–Kier alpha value is -1.75. The van der Waals surface area contributed by atoms with Crippen molar-refractivity contribution in [1.82, 2.24) is 5.32 Å². The minimum Gasteiger partial charge on any atom is -0.495 e. The van der Waals surface area contributed by atoms with Crippen molar-refractivity contribution in [2.24, 2.45) is 0 Å². The number of amides is 1. The molecule has 1 aromatic rings. The van der Waals surface area contributed by atoms with E-state index in [0.717, 1.165) is 19.4 Å². The molecular formula is C14H20N2O3. The third-order valence-electron chi connectivity index (χ3n) is 3.45. The average molecular weight is 264 g/mol. The summed E-state index contributed by atoms with van der Waals surface area (Å²) in [5, 5.41) is 2.87. The lowest BCUT2D eigenvalue weighted by molar-refractivity contribution is 0.0206. The topological polar surface area (TPSA) is 73.6 Å². The zero-order chi connectivity index (χ0) is 13.9. The summed E-state index contributed by atoms with van der Waals surface area (Å²) in [4.78, 5) is 12.1. The van der Waals surface area contributed by atoms with E-state index >= 15 is 0 Å². The predicted octanol–water partition coefficient (Wildman–Crippen LogP) is 1.58. The van der Waals surface area contributed by atoms with Crippen LogP contribution in [0.3, 0.4) is 0 Å². The van der Waals surface area contributed by atoms with Crippen LogP contribution in [-0.2, 0) is 4.74 Å². The van der Waals surface area contributed by atoms with Gasteiger partial charge in [0.05, 0.1) is 24.0 Å². The highest BCUT2D eigenvalue weighted by Crippen LogP contribution is 2.26. The second kappa shape index (κ2) is 5.48. The molecule has 0 radical (unpaired) electrons. The van der Waals surface area contributed by atoms with Crippen LogP contribution in [-0.4, -0.2) is 31.8 Å².